The van der Waals surface area contributed by atoms with E-state index >= 15 is 0 Å². The Morgan fingerprint density at radius 1 is 1.10 bits per heavy atom. The standard InChI is InChI=1S/C17H26.CHClO/c1-2-3-5-8-15-11-13-17(14-12-15)16-9-6-4-7-10-16;2-1-3/h11-14,16H,2-10H2,1H3;1H. The smallest absolute Gasteiger partial charge is 0.208 e. The maximum absolute atomic E-state index is 8.57. The second-order valence-corrected chi connectivity index (χ2v) is 5.80. The number of benzene rings is 1. The Bertz CT molecular complexity index is 352. The van der Waals surface area contributed by atoms with Gasteiger partial charge in [0.25, 0.3) is 0 Å². The maximum atomic E-state index is 8.57. The summed E-state index contributed by atoms with van der Waals surface area (Å²) in [6.07, 6.45) is 12.4. The Morgan fingerprint density at radius 3 is 2.25 bits per heavy atom. The molecule has 0 bridgehead atoms. The fourth-order valence-electron chi connectivity index (χ4n) is 2.97. The van der Waals surface area contributed by atoms with Gasteiger partial charge in [0.15, 0.2) is 0 Å². The van der Waals surface area contributed by atoms with Gasteiger partial charge in [0, 0.05) is 0 Å². The summed E-state index contributed by atoms with van der Waals surface area (Å²) in [6.45, 7) is 2.27. The third kappa shape index (κ3) is 6.56. The lowest BCUT2D eigenvalue weighted by atomic mass is 9.84. The van der Waals surface area contributed by atoms with Crippen molar-refractivity contribution in [3.63, 3.8) is 0 Å². The molecule has 2 heteroatoms. The van der Waals surface area contributed by atoms with Gasteiger partial charge in [-0.15, -0.1) is 0 Å². The average Bonchev–Trinajstić information content (AvgIpc) is 2.50. The number of hydrogen-bond donors (Lipinski definition) is 0. The number of unbranched alkanes of at least 4 members (excludes halogenated alkanes) is 2. The molecule has 1 fully saturated rings. The lowest BCUT2D eigenvalue weighted by Gasteiger charge is -2.22. The van der Waals surface area contributed by atoms with Crippen molar-refractivity contribution >= 4 is 17.3 Å². The number of carbonyl (C=O) groups is 1. The van der Waals surface area contributed by atoms with Crippen molar-refractivity contribution in [2.75, 3.05) is 0 Å². The maximum Gasteiger partial charge on any atom is 0.208 e. The molecule has 0 heterocycles. The fourth-order valence-corrected chi connectivity index (χ4v) is 2.97. The third-order valence-electron chi connectivity index (χ3n) is 4.13. The van der Waals surface area contributed by atoms with E-state index in [1.54, 1.807) is 5.56 Å². The van der Waals surface area contributed by atoms with Crippen LogP contribution in [0.4, 0.5) is 0 Å². The normalized spacial score (nSPS) is 15.3. The summed E-state index contributed by atoms with van der Waals surface area (Å²) in [5.41, 5.74) is 3.11. The van der Waals surface area contributed by atoms with Crippen molar-refractivity contribution in [3.8, 4) is 0 Å². The summed E-state index contributed by atoms with van der Waals surface area (Å²) in [5.74, 6) is 1.08. The monoisotopic (exact) mass is 294 g/mol. The lowest BCUT2D eigenvalue weighted by molar-refractivity contribution is 0.443. The molecule has 1 aromatic rings. The zero-order valence-corrected chi connectivity index (χ0v) is 13.4. The molecule has 2 rings (SSSR count). The van der Waals surface area contributed by atoms with Crippen LogP contribution in [0.1, 0.15) is 75.3 Å². The quantitative estimate of drug-likeness (QED) is 0.376. The lowest BCUT2D eigenvalue weighted by Crippen LogP contribution is -2.04. The van der Waals surface area contributed by atoms with Gasteiger partial charge in [-0.05, 0) is 54.3 Å². The van der Waals surface area contributed by atoms with Crippen LogP contribution in [0.5, 0.6) is 0 Å². The molecular weight excluding hydrogens is 268 g/mol. The van der Waals surface area contributed by atoms with Crippen LogP contribution >= 0.6 is 11.6 Å². The van der Waals surface area contributed by atoms with Gasteiger partial charge in [-0.1, -0.05) is 63.3 Å². The predicted octanol–water partition coefficient (Wildman–Crippen LogP) is 5.88. The molecule has 0 atom stereocenters. The molecule has 0 aromatic heterocycles. The van der Waals surface area contributed by atoms with E-state index in [4.69, 9.17) is 4.79 Å². The first-order chi connectivity index (χ1) is 9.81. The van der Waals surface area contributed by atoms with Crippen molar-refractivity contribution in [2.24, 2.45) is 0 Å². The summed E-state index contributed by atoms with van der Waals surface area (Å²) in [7, 11) is 0. The van der Waals surface area contributed by atoms with Crippen LogP contribution in [0.25, 0.3) is 0 Å². The van der Waals surface area contributed by atoms with Crippen molar-refractivity contribution in [1.82, 2.24) is 0 Å². The van der Waals surface area contributed by atoms with E-state index in [0.29, 0.717) is 0 Å². The minimum atomic E-state index is 0.222. The van der Waals surface area contributed by atoms with Crippen molar-refractivity contribution < 1.29 is 4.79 Å². The molecule has 0 spiro atoms. The van der Waals surface area contributed by atoms with Gasteiger partial charge in [-0.25, -0.2) is 0 Å². The molecule has 1 aliphatic rings. The second-order valence-electron chi connectivity index (χ2n) is 5.62. The van der Waals surface area contributed by atoms with Gasteiger partial charge in [-0.3, -0.25) is 4.79 Å². The SMILES string of the molecule is CCCCCc1ccc(C2CCCCC2)cc1.O=CCl. The number of rotatable bonds is 5. The minimum absolute atomic E-state index is 0.222. The molecule has 0 amide bonds. The van der Waals surface area contributed by atoms with E-state index < -0.39 is 0 Å². The first kappa shape index (κ1) is 17.2. The second kappa shape index (κ2) is 10.9. The molecule has 1 aromatic carbocycles. The van der Waals surface area contributed by atoms with Crippen LogP contribution < -0.4 is 0 Å². The molecule has 0 N–H and O–H groups in total. The van der Waals surface area contributed by atoms with Gasteiger partial charge in [0.1, 0.15) is 0 Å². The Balaban J connectivity index is 0.000000612. The molecule has 0 saturated heterocycles. The summed E-state index contributed by atoms with van der Waals surface area (Å²) in [6, 6.07) is 9.49. The van der Waals surface area contributed by atoms with Crippen molar-refractivity contribution in [2.45, 2.75) is 70.6 Å². The van der Waals surface area contributed by atoms with Crippen molar-refractivity contribution in [1.29, 1.82) is 0 Å². The Labute approximate surface area is 128 Å². The topological polar surface area (TPSA) is 17.1 Å². The molecule has 1 saturated carbocycles. The van der Waals surface area contributed by atoms with Crippen LogP contribution in [0.2, 0.25) is 0 Å². The molecule has 0 unspecified atom stereocenters. The molecule has 0 aliphatic heterocycles. The first-order valence-corrected chi connectivity index (χ1v) is 8.38. The fraction of sp³-hybridized carbons (Fsp3) is 0.611. The molecule has 0 radical (unpaired) electrons. The van der Waals surface area contributed by atoms with Gasteiger partial charge < -0.3 is 0 Å². The van der Waals surface area contributed by atoms with Crippen LogP contribution in [0, 0.1) is 0 Å². The zero-order valence-electron chi connectivity index (χ0n) is 12.6. The third-order valence-corrected chi connectivity index (χ3v) is 4.13. The molecule has 1 nitrogen and oxygen atoms in total. The van der Waals surface area contributed by atoms with Gasteiger partial charge in [0.05, 0.1) is 0 Å². The highest BCUT2D eigenvalue weighted by molar-refractivity contribution is 6.54. The molecule has 112 valence electrons. The largest absolute Gasteiger partial charge is 0.285 e. The van der Waals surface area contributed by atoms with E-state index in [1.807, 2.05) is 0 Å². The van der Waals surface area contributed by atoms with Gasteiger partial charge in [0.2, 0.25) is 5.75 Å². The van der Waals surface area contributed by atoms with E-state index in [1.165, 1.54) is 63.4 Å². The average molecular weight is 295 g/mol. The van der Waals surface area contributed by atoms with Gasteiger partial charge >= 0.3 is 0 Å². The molecular formula is C18H27ClO. The first-order valence-electron chi connectivity index (χ1n) is 7.94. The van der Waals surface area contributed by atoms with Crippen molar-refractivity contribution in [3.05, 3.63) is 35.4 Å². The minimum Gasteiger partial charge on any atom is -0.285 e. The highest BCUT2D eigenvalue weighted by Gasteiger charge is 2.14. The molecule has 1 aliphatic carbocycles. The Hall–Kier alpha value is -0.820. The van der Waals surface area contributed by atoms with Crippen LogP contribution in [0.15, 0.2) is 24.3 Å². The number of halogens is 1. The van der Waals surface area contributed by atoms with E-state index in [9.17, 15) is 0 Å². The summed E-state index contributed by atoms with van der Waals surface area (Å²) >= 11 is 4.32. The zero-order chi connectivity index (χ0) is 14.6. The van der Waals surface area contributed by atoms with Crippen LogP contribution in [-0.4, -0.2) is 5.75 Å². The van der Waals surface area contributed by atoms with Crippen LogP contribution in [-0.2, 0) is 11.2 Å². The number of hydrogen-bond acceptors (Lipinski definition) is 1. The predicted molar refractivity (Wildman–Crippen MR) is 88.1 cm³/mol. The summed E-state index contributed by atoms with van der Waals surface area (Å²) in [4.78, 5) is 8.57. The van der Waals surface area contributed by atoms with Gasteiger partial charge in [-0.2, -0.15) is 0 Å². The highest BCUT2D eigenvalue weighted by atomic mass is 35.5. The number of aryl methyl sites for hydroxylation is 1. The Morgan fingerprint density at radius 2 is 1.70 bits per heavy atom. The van der Waals surface area contributed by atoms with E-state index in [2.05, 4.69) is 42.8 Å². The Kier molecular flexibility index (Phi) is 9.40. The molecule has 20 heavy (non-hydrogen) atoms. The number of carbonyl (C=O) groups excluding carboxylic acids is 1. The summed E-state index contributed by atoms with van der Waals surface area (Å²) in [5, 5.41) is 0. The van der Waals surface area contributed by atoms with Crippen LogP contribution in [0.3, 0.4) is 0 Å². The van der Waals surface area contributed by atoms with E-state index in [0.717, 1.165) is 5.92 Å². The summed E-state index contributed by atoms with van der Waals surface area (Å²) < 4.78 is 0. The van der Waals surface area contributed by atoms with E-state index in [-0.39, 0.29) is 5.75 Å². The highest BCUT2D eigenvalue weighted by Crippen LogP contribution is 2.32.